The van der Waals surface area contributed by atoms with E-state index in [0.717, 1.165) is 25.7 Å². The molecule has 7 nitrogen and oxygen atoms in total. The summed E-state index contributed by atoms with van der Waals surface area (Å²) in [6.07, 6.45) is 4.47. The highest BCUT2D eigenvalue weighted by molar-refractivity contribution is 5.93. The Morgan fingerprint density at radius 3 is 2.95 bits per heavy atom. The number of nitro groups is 1. The van der Waals surface area contributed by atoms with Crippen LogP contribution in [0.2, 0.25) is 0 Å². The van der Waals surface area contributed by atoms with Gasteiger partial charge in [0.1, 0.15) is 0 Å². The first-order valence-corrected chi connectivity index (χ1v) is 7.35. The molecule has 0 aromatic carbocycles. The summed E-state index contributed by atoms with van der Waals surface area (Å²) in [6.45, 7) is 1.03. The van der Waals surface area contributed by atoms with Crippen LogP contribution in [0.1, 0.15) is 42.6 Å². The van der Waals surface area contributed by atoms with Gasteiger partial charge >= 0.3 is 5.82 Å². The molecule has 2 heterocycles. The summed E-state index contributed by atoms with van der Waals surface area (Å²) >= 11 is 0. The van der Waals surface area contributed by atoms with Crippen molar-refractivity contribution in [1.29, 1.82) is 0 Å². The number of hydrogen-bond acceptors (Lipinski definition) is 4. The van der Waals surface area contributed by atoms with E-state index in [1.807, 2.05) is 0 Å². The van der Waals surface area contributed by atoms with Crippen molar-refractivity contribution in [1.82, 2.24) is 9.88 Å². The molecule has 114 valence electrons. The second-order valence-corrected chi connectivity index (χ2v) is 6.06. The SMILES string of the molecule is O=C(c1ccc([N+](=O)[O-])[nH]1)N1CCC2(O)CCCCC2C1. The van der Waals surface area contributed by atoms with Gasteiger partial charge in [0.05, 0.1) is 5.60 Å². The Bertz CT molecular complexity index is 570. The third-order valence-corrected chi connectivity index (χ3v) is 4.81. The molecule has 0 radical (unpaired) electrons. The minimum Gasteiger partial charge on any atom is -0.389 e. The number of carbonyl (C=O) groups excluding carboxylic acids is 1. The maximum absolute atomic E-state index is 12.4. The normalized spacial score (nSPS) is 29.0. The maximum atomic E-state index is 12.4. The van der Waals surface area contributed by atoms with Crippen molar-refractivity contribution >= 4 is 11.7 Å². The molecule has 2 aliphatic rings. The van der Waals surface area contributed by atoms with Gasteiger partial charge in [-0.15, -0.1) is 0 Å². The molecule has 0 spiro atoms. The number of likely N-dealkylation sites (tertiary alicyclic amines) is 1. The number of aromatic nitrogens is 1. The monoisotopic (exact) mass is 293 g/mol. The van der Waals surface area contributed by atoms with E-state index in [1.54, 1.807) is 4.90 Å². The van der Waals surface area contributed by atoms with Crippen molar-refractivity contribution in [2.24, 2.45) is 5.92 Å². The maximum Gasteiger partial charge on any atom is 0.321 e. The van der Waals surface area contributed by atoms with Crippen LogP contribution in [0.15, 0.2) is 12.1 Å². The molecule has 1 aromatic rings. The highest BCUT2D eigenvalue weighted by Crippen LogP contribution is 2.40. The Morgan fingerprint density at radius 2 is 2.24 bits per heavy atom. The van der Waals surface area contributed by atoms with E-state index < -0.39 is 10.5 Å². The molecule has 2 N–H and O–H groups in total. The number of nitrogens with one attached hydrogen (secondary N) is 1. The summed E-state index contributed by atoms with van der Waals surface area (Å²) in [5, 5.41) is 21.3. The summed E-state index contributed by atoms with van der Waals surface area (Å²) < 4.78 is 0. The molecule has 2 fully saturated rings. The molecule has 1 aliphatic carbocycles. The largest absolute Gasteiger partial charge is 0.389 e. The van der Waals surface area contributed by atoms with Crippen LogP contribution < -0.4 is 0 Å². The predicted octanol–water partition coefficient (Wildman–Crippen LogP) is 1.69. The Balaban J connectivity index is 1.72. The molecular weight excluding hydrogens is 274 g/mol. The van der Waals surface area contributed by atoms with Gasteiger partial charge in [-0.25, -0.2) is 4.98 Å². The summed E-state index contributed by atoms with van der Waals surface area (Å²) in [5.41, 5.74) is -0.389. The Hall–Kier alpha value is -1.89. The van der Waals surface area contributed by atoms with E-state index in [1.165, 1.54) is 12.1 Å². The highest BCUT2D eigenvalue weighted by Gasteiger charge is 2.44. The predicted molar refractivity (Wildman–Crippen MR) is 74.9 cm³/mol. The number of hydrogen-bond donors (Lipinski definition) is 2. The number of nitrogens with zero attached hydrogens (tertiary/aromatic N) is 2. The van der Waals surface area contributed by atoms with Crippen LogP contribution in [0.5, 0.6) is 0 Å². The Labute approximate surface area is 122 Å². The van der Waals surface area contributed by atoms with Crippen LogP contribution in [0.4, 0.5) is 5.82 Å². The molecule has 1 saturated heterocycles. The van der Waals surface area contributed by atoms with Gasteiger partial charge in [0.25, 0.3) is 5.91 Å². The molecule has 3 rings (SSSR count). The smallest absolute Gasteiger partial charge is 0.321 e. The van der Waals surface area contributed by atoms with Crippen LogP contribution >= 0.6 is 0 Å². The molecule has 2 atom stereocenters. The molecule has 1 aromatic heterocycles. The lowest BCUT2D eigenvalue weighted by molar-refractivity contribution is -0.389. The van der Waals surface area contributed by atoms with Gasteiger partial charge in [-0.05, 0) is 30.3 Å². The second-order valence-electron chi connectivity index (χ2n) is 6.06. The lowest BCUT2D eigenvalue weighted by atomic mass is 9.71. The third kappa shape index (κ3) is 2.53. The third-order valence-electron chi connectivity index (χ3n) is 4.81. The standard InChI is InChI=1S/C14H19N3O4/c18-13(11-4-5-12(15-11)17(20)21)16-8-7-14(19)6-2-1-3-10(14)9-16/h4-5,10,15,19H,1-3,6-9H2. The van der Waals surface area contributed by atoms with Gasteiger partial charge in [0.15, 0.2) is 5.69 Å². The summed E-state index contributed by atoms with van der Waals surface area (Å²) in [5.74, 6) is -0.283. The molecule has 1 saturated carbocycles. The molecule has 7 heteroatoms. The van der Waals surface area contributed by atoms with E-state index in [-0.39, 0.29) is 23.3 Å². The van der Waals surface area contributed by atoms with Crippen LogP contribution in [0, 0.1) is 16.0 Å². The van der Waals surface area contributed by atoms with Crippen LogP contribution in [0.25, 0.3) is 0 Å². The van der Waals surface area contributed by atoms with Crippen LogP contribution in [-0.4, -0.2) is 44.5 Å². The van der Waals surface area contributed by atoms with Crippen molar-refractivity contribution in [3.63, 3.8) is 0 Å². The van der Waals surface area contributed by atoms with Gasteiger partial charge in [0.2, 0.25) is 0 Å². The summed E-state index contributed by atoms with van der Waals surface area (Å²) in [6, 6.07) is 2.75. The van der Waals surface area contributed by atoms with E-state index >= 15 is 0 Å². The highest BCUT2D eigenvalue weighted by atomic mass is 16.6. The summed E-state index contributed by atoms with van der Waals surface area (Å²) in [7, 11) is 0. The second kappa shape index (κ2) is 5.14. The van der Waals surface area contributed by atoms with Crippen molar-refractivity contribution in [2.45, 2.75) is 37.7 Å². The average molecular weight is 293 g/mol. The van der Waals surface area contributed by atoms with E-state index in [9.17, 15) is 20.0 Å². The number of aromatic amines is 1. The molecule has 0 bridgehead atoms. The minimum atomic E-state index is -0.628. The first-order chi connectivity index (χ1) is 9.99. The van der Waals surface area contributed by atoms with E-state index in [0.29, 0.717) is 19.5 Å². The Morgan fingerprint density at radius 1 is 1.43 bits per heavy atom. The van der Waals surface area contributed by atoms with Gasteiger partial charge in [0, 0.05) is 25.1 Å². The number of aliphatic hydroxyl groups is 1. The van der Waals surface area contributed by atoms with Crippen LogP contribution in [-0.2, 0) is 0 Å². The Kier molecular flexibility index (Phi) is 3.44. The number of piperidine rings is 1. The zero-order valence-corrected chi connectivity index (χ0v) is 11.7. The van der Waals surface area contributed by atoms with Crippen LogP contribution in [0.3, 0.4) is 0 Å². The zero-order chi connectivity index (χ0) is 15.0. The van der Waals surface area contributed by atoms with Gasteiger partial charge < -0.3 is 20.1 Å². The lowest BCUT2D eigenvalue weighted by Crippen LogP contribution is -2.54. The van der Waals surface area contributed by atoms with Crippen molar-refractivity contribution < 1.29 is 14.8 Å². The number of fused-ring (bicyclic) bond motifs is 1. The molecular formula is C14H19N3O4. The fourth-order valence-corrected chi connectivity index (χ4v) is 3.54. The minimum absolute atomic E-state index is 0.119. The fraction of sp³-hybridized carbons (Fsp3) is 0.643. The number of rotatable bonds is 2. The average Bonchev–Trinajstić information content (AvgIpc) is 2.95. The van der Waals surface area contributed by atoms with E-state index in [4.69, 9.17) is 0 Å². The van der Waals surface area contributed by atoms with Gasteiger partial charge in [-0.1, -0.05) is 12.8 Å². The summed E-state index contributed by atoms with van der Waals surface area (Å²) in [4.78, 5) is 26.7. The molecule has 21 heavy (non-hydrogen) atoms. The lowest BCUT2D eigenvalue weighted by Gasteiger charge is -2.47. The first-order valence-electron chi connectivity index (χ1n) is 7.35. The number of carbonyl (C=O) groups is 1. The first kappa shape index (κ1) is 14.1. The quantitative estimate of drug-likeness (QED) is 0.640. The molecule has 1 aliphatic heterocycles. The van der Waals surface area contributed by atoms with Crippen molar-refractivity contribution in [3.8, 4) is 0 Å². The zero-order valence-electron chi connectivity index (χ0n) is 11.7. The number of amides is 1. The topological polar surface area (TPSA) is 99.5 Å². The van der Waals surface area contributed by atoms with E-state index in [2.05, 4.69) is 4.98 Å². The number of H-pyrrole nitrogens is 1. The van der Waals surface area contributed by atoms with Crippen molar-refractivity contribution in [2.75, 3.05) is 13.1 Å². The fourth-order valence-electron chi connectivity index (χ4n) is 3.54. The van der Waals surface area contributed by atoms with Crippen molar-refractivity contribution in [3.05, 3.63) is 27.9 Å². The van der Waals surface area contributed by atoms with Gasteiger partial charge in [-0.2, -0.15) is 0 Å². The molecule has 1 amide bonds. The molecule has 2 unspecified atom stereocenters. The van der Waals surface area contributed by atoms with Gasteiger partial charge in [-0.3, -0.25) is 4.79 Å².